The minimum Gasteiger partial charge on any atom is -0.0831 e. The van der Waals surface area contributed by atoms with Crippen molar-refractivity contribution in [1.29, 1.82) is 0 Å². The van der Waals surface area contributed by atoms with Gasteiger partial charge >= 0.3 is 0 Å². The Labute approximate surface area is 121 Å². The first-order chi connectivity index (χ1) is 8.15. The Kier molecular flexibility index (Phi) is 2.89. The summed E-state index contributed by atoms with van der Waals surface area (Å²) in [6.07, 6.45) is 0. The van der Waals surface area contributed by atoms with Crippen LogP contribution in [0, 0.1) is 0 Å². The number of hydrogen-bond acceptors (Lipinski definition) is 0. The summed E-state index contributed by atoms with van der Waals surface area (Å²) in [6.45, 7) is 0. The van der Waals surface area contributed by atoms with Crippen molar-refractivity contribution in [2.75, 3.05) is 0 Å². The normalized spacial score (nSPS) is 11.2. The van der Waals surface area contributed by atoms with E-state index in [-0.39, 0.29) is 0 Å². The molecular weight excluding hydrogens is 363 g/mol. The van der Waals surface area contributed by atoms with Crippen molar-refractivity contribution in [2.24, 2.45) is 0 Å². The zero-order valence-electron chi connectivity index (χ0n) is 8.68. The molecule has 0 radical (unpaired) electrons. The second-order valence-electron chi connectivity index (χ2n) is 3.92. The Bertz CT molecular complexity index is 735. The van der Waals surface area contributed by atoms with Gasteiger partial charge in [-0.2, -0.15) is 0 Å². The zero-order valence-corrected chi connectivity index (χ0v) is 12.6. The van der Waals surface area contributed by atoms with E-state index >= 15 is 0 Å². The number of rotatable bonds is 0. The van der Waals surface area contributed by atoms with Gasteiger partial charge in [-0.3, -0.25) is 0 Å². The van der Waals surface area contributed by atoms with Crippen LogP contribution in [0.4, 0.5) is 0 Å². The van der Waals surface area contributed by atoms with Crippen LogP contribution in [0.15, 0.2) is 51.4 Å². The molecule has 17 heavy (non-hydrogen) atoms. The molecule has 84 valence electrons. The van der Waals surface area contributed by atoms with Crippen molar-refractivity contribution in [1.82, 2.24) is 0 Å². The lowest BCUT2D eigenvalue weighted by atomic mass is 10.0. The molecule has 0 N–H and O–H groups in total. The van der Waals surface area contributed by atoms with Gasteiger partial charge in [0.15, 0.2) is 0 Å². The number of benzene rings is 3. The number of halogens is 3. The fourth-order valence-electron chi connectivity index (χ4n) is 2.02. The van der Waals surface area contributed by atoms with E-state index in [9.17, 15) is 0 Å². The lowest BCUT2D eigenvalue weighted by molar-refractivity contribution is 1.70. The van der Waals surface area contributed by atoms with Crippen molar-refractivity contribution < 1.29 is 0 Å². The van der Waals surface area contributed by atoms with Gasteiger partial charge < -0.3 is 0 Å². The minimum absolute atomic E-state index is 0.741. The van der Waals surface area contributed by atoms with Crippen LogP contribution in [0.1, 0.15) is 0 Å². The maximum atomic E-state index is 6.17. The Morgan fingerprint density at radius 1 is 0.765 bits per heavy atom. The second-order valence-corrected chi connectivity index (χ2v) is 6.10. The quantitative estimate of drug-likeness (QED) is 0.415. The highest BCUT2D eigenvalue weighted by molar-refractivity contribution is 9.10. The van der Waals surface area contributed by atoms with E-state index in [1.807, 2.05) is 6.07 Å². The molecule has 0 aliphatic carbocycles. The molecule has 0 saturated heterocycles. The molecule has 0 aliphatic rings. The lowest BCUT2D eigenvalue weighted by Crippen LogP contribution is -1.79. The molecule has 3 rings (SSSR count). The van der Waals surface area contributed by atoms with Crippen molar-refractivity contribution in [3.05, 3.63) is 56.4 Å². The third-order valence-corrected chi connectivity index (χ3v) is 4.53. The van der Waals surface area contributed by atoms with E-state index in [0.29, 0.717) is 0 Å². The largest absolute Gasteiger partial charge is 0.0831 e. The van der Waals surface area contributed by atoms with E-state index in [1.165, 1.54) is 21.5 Å². The molecule has 3 aromatic carbocycles. The van der Waals surface area contributed by atoms with Crippen molar-refractivity contribution in [3.63, 3.8) is 0 Å². The Balaban J connectivity index is 2.53. The van der Waals surface area contributed by atoms with Gasteiger partial charge in [-0.25, -0.2) is 0 Å². The second kappa shape index (κ2) is 4.27. The molecule has 0 bridgehead atoms. The maximum Gasteiger partial charge on any atom is 0.0554 e. The smallest absolute Gasteiger partial charge is 0.0554 e. The van der Waals surface area contributed by atoms with Crippen LogP contribution in [0.25, 0.3) is 21.5 Å². The Hall–Kier alpha value is -0.570. The van der Waals surface area contributed by atoms with Crippen LogP contribution >= 0.6 is 43.5 Å². The van der Waals surface area contributed by atoms with Gasteiger partial charge in [-0.15, -0.1) is 0 Å². The van der Waals surface area contributed by atoms with E-state index in [0.717, 1.165) is 14.0 Å². The fourth-order valence-corrected chi connectivity index (χ4v) is 2.91. The topological polar surface area (TPSA) is 0 Å². The standard InChI is InChI=1S/C14H7Br2Cl/c15-10-4-3-8-1-2-9-5-13(16)14(17)7-12(9)11(8)6-10/h1-7H. The van der Waals surface area contributed by atoms with Gasteiger partial charge in [-0.1, -0.05) is 45.7 Å². The third kappa shape index (κ3) is 1.99. The van der Waals surface area contributed by atoms with Gasteiger partial charge in [0.05, 0.1) is 5.02 Å². The first kappa shape index (κ1) is 11.5. The highest BCUT2D eigenvalue weighted by Crippen LogP contribution is 2.33. The van der Waals surface area contributed by atoms with Crippen LogP contribution in [-0.2, 0) is 0 Å². The van der Waals surface area contributed by atoms with Crippen LogP contribution in [0.2, 0.25) is 5.02 Å². The molecule has 0 atom stereocenters. The Morgan fingerprint density at radius 2 is 1.41 bits per heavy atom. The fraction of sp³-hybridized carbons (Fsp3) is 0. The van der Waals surface area contributed by atoms with Gasteiger partial charge in [0.2, 0.25) is 0 Å². The van der Waals surface area contributed by atoms with E-state index in [4.69, 9.17) is 11.6 Å². The monoisotopic (exact) mass is 368 g/mol. The first-order valence-corrected chi connectivity index (χ1v) is 7.08. The third-order valence-electron chi connectivity index (χ3n) is 2.84. The number of hydrogen-bond donors (Lipinski definition) is 0. The summed E-state index contributed by atoms with van der Waals surface area (Å²) in [5.74, 6) is 0. The molecule has 0 unspecified atom stereocenters. The predicted octanol–water partition coefficient (Wildman–Crippen LogP) is 6.17. The molecule has 0 fully saturated rings. The lowest BCUT2D eigenvalue weighted by Gasteiger charge is -2.06. The number of fused-ring (bicyclic) bond motifs is 3. The molecule has 0 aromatic heterocycles. The van der Waals surface area contributed by atoms with Crippen molar-refractivity contribution in [2.45, 2.75) is 0 Å². The summed E-state index contributed by atoms with van der Waals surface area (Å²) in [4.78, 5) is 0. The molecule has 0 heterocycles. The van der Waals surface area contributed by atoms with Crippen molar-refractivity contribution >= 4 is 65.0 Å². The van der Waals surface area contributed by atoms with Gasteiger partial charge in [0.1, 0.15) is 0 Å². The summed E-state index contributed by atoms with van der Waals surface area (Å²) in [7, 11) is 0. The summed E-state index contributed by atoms with van der Waals surface area (Å²) in [6, 6.07) is 14.6. The molecular formula is C14H7Br2Cl. The van der Waals surface area contributed by atoms with Crippen LogP contribution < -0.4 is 0 Å². The summed E-state index contributed by atoms with van der Waals surface area (Å²) >= 11 is 13.1. The van der Waals surface area contributed by atoms with E-state index in [1.54, 1.807) is 0 Å². The average molecular weight is 370 g/mol. The predicted molar refractivity (Wildman–Crippen MR) is 81.9 cm³/mol. The highest BCUT2D eigenvalue weighted by Gasteiger charge is 2.05. The van der Waals surface area contributed by atoms with Gasteiger partial charge in [0, 0.05) is 8.95 Å². The molecule has 0 saturated carbocycles. The molecule has 3 heteroatoms. The average Bonchev–Trinajstić information content (AvgIpc) is 2.31. The minimum atomic E-state index is 0.741. The van der Waals surface area contributed by atoms with Gasteiger partial charge in [0.25, 0.3) is 0 Å². The zero-order chi connectivity index (χ0) is 12.0. The summed E-state index contributed by atoms with van der Waals surface area (Å²) in [5, 5.41) is 5.54. The van der Waals surface area contributed by atoms with Crippen LogP contribution in [-0.4, -0.2) is 0 Å². The SMILES string of the molecule is Clc1cc2c(ccc3ccc(Br)cc32)cc1Br. The molecule has 0 amide bonds. The molecule has 0 spiro atoms. The Morgan fingerprint density at radius 3 is 2.24 bits per heavy atom. The van der Waals surface area contributed by atoms with Crippen LogP contribution in [0.5, 0.6) is 0 Å². The van der Waals surface area contributed by atoms with E-state index < -0.39 is 0 Å². The van der Waals surface area contributed by atoms with Gasteiger partial charge in [-0.05, 0) is 61.7 Å². The molecule has 3 aromatic rings. The summed E-state index contributed by atoms with van der Waals surface area (Å²) in [5.41, 5.74) is 0. The van der Waals surface area contributed by atoms with Crippen molar-refractivity contribution in [3.8, 4) is 0 Å². The summed E-state index contributed by atoms with van der Waals surface area (Å²) < 4.78 is 2.01. The van der Waals surface area contributed by atoms with Crippen LogP contribution in [0.3, 0.4) is 0 Å². The van der Waals surface area contributed by atoms with E-state index in [2.05, 4.69) is 68.3 Å². The highest BCUT2D eigenvalue weighted by atomic mass is 79.9. The maximum absolute atomic E-state index is 6.17. The molecule has 0 nitrogen and oxygen atoms in total. The first-order valence-electron chi connectivity index (χ1n) is 5.12. The molecule has 0 aliphatic heterocycles.